The molecule has 1 aromatic carbocycles. The van der Waals surface area contributed by atoms with Crippen LogP contribution >= 0.6 is 0 Å². The number of anilines is 1. The number of carbonyl (C=O) groups is 4. The van der Waals surface area contributed by atoms with E-state index in [9.17, 15) is 32.3 Å². The van der Waals surface area contributed by atoms with Crippen LogP contribution in [0.15, 0.2) is 30.3 Å². The van der Waals surface area contributed by atoms with E-state index in [2.05, 4.69) is 5.32 Å². The largest absolute Gasteiger partial charge is 0.455 e. The summed E-state index contributed by atoms with van der Waals surface area (Å²) in [5.74, 6) is -2.47. The average molecular weight is 430 g/mol. The molecule has 1 atom stereocenters. The molecule has 0 saturated carbocycles. The number of imide groups is 1. The molecule has 1 fully saturated rings. The summed E-state index contributed by atoms with van der Waals surface area (Å²) in [6.45, 7) is -1.90. The van der Waals surface area contributed by atoms with Crippen LogP contribution < -0.4 is 16.0 Å². The monoisotopic (exact) mass is 430 g/mol. The first kappa shape index (κ1) is 23.0. The number of carbonyl (C=O) groups excluding carboxylic acids is 4. The smallest absolute Gasteiger partial charge is 0.405 e. The van der Waals surface area contributed by atoms with E-state index in [0.29, 0.717) is 25.1 Å². The topological polar surface area (TPSA) is 117 Å². The molecule has 1 unspecified atom stereocenters. The number of urea groups is 2. The van der Waals surface area contributed by atoms with Crippen molar-refractivity contribution in [3.63, 3.8) is 0 Å². The Bertz CT molecular complexity index is 773. The molecule has 1 saturated heterocycles. The van der Waals surface area contributed by atoms with Crippen molar-refractivity contribution in [3.8, 4) is 0 Å². The molecule has 1 aromatic rings. The maximum absolute atomic E-state index is 12.3. The summed E-state index contributed by atoms with van der Waals surface area (Å²) in [4.78, 5) is 48.7. The van der Waals surface area contributed by atoms with Crippen molar-refractivity contribution < 1.29 is 37.1 Å². The number of nitrogens with zero attached hydrogens (tertiary/aromatic N) is 1. The van der Waals surface area contributed by atoms with Crippen LogP contribution in [0.3, 0.4) is 0 Å². The first-order valence-corrected chi connectivity index (χ1v) is 9.06. The molecule has 12 heteroatoms. The number of para-hydroxylation sites is 1. The Hall–Kier alpha value is -3.31. The summed E-state index contributed by atoms with van der Waals surface area (Å²) < 4.78 is 40.8. The SMILES string of the molecule is O=C(COC(=O)C1CCCN(C(=O)Nc2ccccc2)C1)NC(=O)NCC(F)(F)F. The Balaban J connectivity index is 1.75. The first-order valence-electron chi connectivity index (χ1n) is 9.06. The lowest BCUT2D eigenvalue weighted by Gasteiger charge is -2.31. The standard InChI is InChI=1S/C18H21F3N4O5/c19-18(20,21)11-22-16(28)24-14(26)10-30-15(27)12-5-4-8-25(9-12)17(29)23-13-6-2-1-3-7-13/h1-3,6-7,12H,4-5,8-11H2,(H,23,29)(H2,22,24,26,28). The molecule has 2 rings (SSSR count). The second-order valence-electron chi connectivity index (χ2n) is 6.54. The van der Waals surface area contributed by atoms with Gasteiger partial charge in [-0.25, -0.2) is 9.59 Å². The van der Waals surface area contributed by atoms with Gasteiger partial charge in [-0.2, -0.15) is 13.2 Å². The maximum atomic E-state index is 12.3. The van der Waals surface area contributed by atoms with Crippen molar-refractivity contribution in [3.05, 3.63) is 30.3 Å². The van der Waals surface area contributed by atoms with Gasteiger partial charge < -0.3 is 20.3 Å². The molecule has 0 spiro atoms. The number of nitrogens with one attached hydrogen (secondary N) is 3. The highest BCUT2D eigenvalue weighted by molar-refractivity contribution is 5.95. The van der Waals surface area contributed by atoms with Gasteiger partial charge >= 0.3 is 24.2 Å². The Labute approximate surface area is 169 Å². The van der Waals surface area contributed by atoms with Gasteiger partial charge in [0.25, 0.3) is 5.91 Å². The minimum absolute atomic E-state index is 0.0885. The molecule has 1 heterocycles. The van der Waals surface area contributed by atoms with Gasteiger partial charge in [0.15, 0.2) is 6.61 Å². The quantitative estimate of drug-likeness (QED) is 0.617. The number of benzene rings is 1. The number of alkyl halides is 3. The van der Waals surface area contributed by atoms with Crippen molar-refractivity contribution in [2.24, 2.45) is 5.92 Å². The Morgan fingerprint density at radius 3 is 2.50 bits per heavy atom. The van der Waals surface area contributed by atoms with E-state index in [1.54, 1.807) is 35.6 Å². The summed E-state index contributed by atoms with van der Waals surface area (Å²) in [7, 11) is 0. The molecule has 9 nitrogen and oxygen atoms in total. The second kappa shape index (κ2) is 10.5. The van der Waals surface area contributed by atoms with Gasteiger partial charge in [0.05, 0.1) is 5.92 Å². The lowest BCUT2D eigenvalue weighted by atomic mass is 9.98. The van der Waals surface area contributed by atoms with Crippen LogP contribution in [0.5, 0.6) is 0 Å². The van der Waals surface area contributed by atoms with Crippen LogP contribution in [0.1, 0.15) is 12.8 Å². The Morgan fingerprint density at radius 1 is 1.13 bits per heavy atom. The van der Waals surface area contributed by atoms with Gasteiger partial charge in [0.2, 0.25) is 0 Å². The third kappa shape index (κ3) is 7.97. The number of ether oxygens (including phenoxy) is 1. The molecule has 1 aliphatic heterocycles. The number of piperidine rings is 1. The van der Waals surface area contributed by atoms with Crippen LogP contribution in [0, 0.1) is 5.92 Å². The van der Waals surface area contributed by atoms with Crippen molar-refractivity contribution in [2.75, 3.05) is 31.6 Å². The fourth-order valence-corrected chi connectivity index (χ4v) is 2.72. The molecule has 30 heavy (non-hydrogen) atoms. The maximum Gasteiger partial charge on any atom is 0.405 e. The number of esters is 1. The zero-order valence-corrected chi connectivity index (χ0v) is 15.8. The van der Waals surface area contributed by atoms with Crippen LogP contribution in [0.25, 0.3) is 0 Å². The molecule has 1 aliphatic rings. The van der Waals surface area contributed by atoms with E-state index >= 15 is 0 Å². The number of hydrogen-bond acceptors (Lipinski definition) is 5. The van der Waals surface area contributed by atoms with Crippen molar-refractivity contribution >= 4 is 29.6 Å². The number of likely N-dealkylation sites (tertiary alicyclic amines) is 1. The fraction of sp³-hybridized carbons (Fsp3) is 0.444. The van der Waals surface area contributed by atoms with Crippen LogP contribution in [-0.2, 0) is 14.3 Å². The number of rotatable bonds is 5. The number of hydrogen-bond donors (Lipinski definition) is 3. The van der Waals surface area contributed by atoms with E-state index < -0.39 is 43.2 Å². The lowest BCUT2D eigenvalue weighted by Crippen LogP contribution is -2.46. The highest BCUT2D eigenvalue weighted by Gasteiger charge is 2.30. The van der Waals surface area contributed by atoms with Crippen LogP contribution in [0.2, 0.25) is 0 Å². The average Bonchev–Trinajstić information content (AvgIpc) is 2.71. The van der Waals surface area contributed by atoms with Crippen LogP contribution in [0.4, 0.5) is 28.4 Å². The summed E-state index contributed by atoms with van der Waals surface area (Å²) in [6.07, 6.45) is -3.62. The van der Waals surface area contributed by atoms with Crippen molar-refractivity contribution in [1.82, 2.24) is 15.5 Å². The van der Waals surface area contributed by atoms with E-state index in [0.717, 1.165) is 0 Å². The highest BCUT2D eigenvalue weighted by atomic mass is 19.4. The molecule has 5 amide bonds. The van der Waals surface area contributed by atoms with Crippen molar-refractivity contribution in [2.45, 2.75) is 19.0 Å². The molecule has 0 aromatic heterocycles. The van der Waals surface area contributed by atoms with Gasteiger partial charge in [-0.05, 0) is 25.0 Å². The van der Waals surface area contributed by atoms with Gasteiger partial charge in [-0.1, -0.05) is 18.2 Å². The molecule has 0 aliphatic carbocycles. The van der Waals surface area contributed by atoms with Gasteiger partial charge in [-0.3, -0.25) is 14.9 Å². The minimum Gasteiger partial charge on any atom is -0.455 e. The minimum atomic E-state index is -4.62. The zero-order valence-electron chi connectivity index (χ0n) is 15.8. The highest BCUT2D eigenvalue weighted by Crippen LogP contribution is 2.19. The van der Waals surface area contributed by atoms with E-state index in [-0.39, 0.29) is 12.6 Å². The summed E-state index contributed by atoms with van der Waals surface area (Å²) in [6, 6.07) is 7.04. The molecule has 0 radical (unpaired) electrons. The molecular formula is C18H21F3N4O5. The van der Waals surface area contributed by atoms with E-state index in [4.69, 9.17) is 4.74 Å². The third-order valence-electron chi connectivity index (χ3n) is 4.11. The van der Waals surface area contributed by atoms with Gasteiger partial charge in [0, 0.05) is 18.8 Å². The van der Waals surface area contributed by atoms with Crippen LogP contribution in [-0.4, -0.2) is 61.3 Å². The van der Waals surface area contributed by atoms with E-state index in [1.165, 1.54) is 10.2 Å². The summed E-state index contributed by atoms with van der Waals surface area (Å²) in [5, 5.41) is 5.79. The van der Waals surface area contributed by atoms with E-state index in [1.807, 2.05) is 0 Å². The Kier molecular flexibility index (Phi) is 8.01. The predicted molar refractivity (Wildman–Crippen MR) is 98.3 cm³/mol. The predicted octanol–water partition coefficient (Wildman–Crippen LogP) is 1.86. The Morgan fingerprint density at radius 2 is 1.83 bits per heavy atom. The zero-order chi connectivity index (χ0) is 22.1. The normalized spacial score (nSPS) is 16.4. The lowest BCUT2D eigenvalue weighted by molar-refractivity contribution is -0.153. The van der Waals surface area contributed by atoms with Crippen molar-refractivity contribution in [1.29, 1.82) is 0 Å². The molecule has 3 N–H and O–H groups in total. The summed E-state index contributed by atoms with van der Waals surface area (Å²) >= 11 is 0. The third-order valence-corrected chi connectivity index (χ3v) is 4.11. The molecular weight excluding hydrogens is 409 g/mol. The molecule has 0 bridgehead atoms. The second-order valence-corrected chi connectivity index (χ2v) is 6.54. The summed E-state index contributed by atoms with van der Waals surface area (Å²) in [5.41, 5.74) is 0.604. The molecule has 164 valence electrons. The number of amides is 5. The number of halogens is 3. The van der Waals surface area contributed by atoms with Gasteiger partial charge in [0.1, 0.15) is 6.54 Å². The van der Waals surface area contributed by atoms with Gasteiger partial charge in [-0.15, -0.1) is 0 Å². The fourth-order valence-electron chi connectivity index (χ4n) is 2.72. The first-order chi connectivity index (χ1) is 14.1.